The first-order valence-electron chi connectivity index (χ1n) is 6.95. The van der Waals surface area contributed by atoms with Crippen molar-refractivity contribution in [1.82, 2.24) is 0 Å². The van der Waals surface area contributed by atoms with E-state index < -0.39 is 5.97 Å². The zero-order chi connectivity index (χ0) is 16.6. The van der Waals surface area contributed by atoms with E-state index in [1.807, 2.05) is 0 Å². The topological polar surface area (TPSA) is 63.6 Å². The summed E-state index contributed by atoms with van der Waals surface area (Å²) in [5.74, 6) is -1.12. The predicted molar refractivity (Wildman–Crippen MR) is 85.1 cm³/mol. The van der Waals surface area contributed by atoms with Gasteiger partial charge >= 0.3 is 5.97 Å². The van der Waals surface area contributed by atoms with Gasteiger partial charge in [-0.05, 0) is 42.3 Å². The predicted octanol–water partition coefficient (Wildman–Crippen LogP) is 3.94. The second kappa shape index (κ2) is 5.96. The van der Waals surface area contributed by atoms with Crippen molar-refractivity contribution in [2.45, 2.75) is 12.8 Å². The van der Waals surface area contributed by atoms with Crippen LogP contribution in [0.4, 0.5) is 4.39 Å². The van der Waals surface area contributed by atoms with Gasteiger partial charge in [0, 0.05) is 17.5 Å². The molecule has 1 aliphatic carbocycles. The molecule has 1 N–H and O–H groups in total. The maximum atomic E-state index is 13.6. The summed E-state index contributed by atoms with van der Waals surface area (Å²) in [7, 11) is 1.53. The zero-order valence-electron chi connectivity index (χ0n) is 12.3. The lowest BCUT2D eigenvalue weighted by atomic mass is 9.95. The summed E-state index contributed by atoms with van der Waals surface area (Å²) in [5.41, 5.74) is 1.35. The van der Waals surface area contributed by atoms with Gasteiger partial charge in [-0.15, -0.1) is 11.3 Å². The number of carbonyl (C=O) groups is 2. The van der Waals surface area contributed by atoms with E-state index >= 15 is 0 Å². The van der Waals surface area contributed by atoms with Gasteiger partial charge in [-0.1, -0.05) is 0 Å². The Balaban J connectivity index is 2.09. The summed E-state index contributed by atoms with van der Waals surface area (Å²) in [6.45, 7) is 0. The number of carboxylic acid groups (broad SMARTS) is 1. The van der Waals surface area contributed by atoms with E-state index in [4.69, 9.17) is 4.74 Å². The van der Waals surface area contributed by atoms with Gasteiger partial charge in [0.1, 0.15) is 16.5 Å². The summed E-state index contributed by atoms with van der Waals surface area (Å²) in [5, 5.41) is 9.31. The van der Waals surface area contributed by atoms with Crippen LogP contribution in [0, 0.1) is 0 Å². The summed E-state index contributed by atoms with van der Waals surface area (Å²) in [6.07, 6.45) is 1.74. The molecule has 1 heterocycles. The molecule has 0 radical (unpaired) electrons. The number of carboxylic acids is 1. The van der Waals surface area contributed by atoms with Gasteiger partial charge in [-0.2, -0.15) is 0 Å². The minimum absolute atomic E-state index is 0.112. The molecule has 0 aliphatic heterocycles. The number of carbonyl (C=O) groups excluding carboxylic acids is 1. The summed E-state index contributed by atoms with van der Waals surface area (Å²) < 4.78 is 18.7. The summed E-state index contributed by atoms with van der Waals surface area (Å²) in [4.78, 5) is 24.4. The van der Waals surface area contributed by atoms with E-state index in [1.54, 1.807) is 24.3 Å². The van der Waals surface area contributed by atoms with Crippen molar-refractivity contribution in [1.29, 1.82) is 0 Å². The molecule has 0 amide bonds. The normalized spacial score (nSPS) is 13.2. The number of allylic oxidation sites excluding steroid dienone is 1. The third-order valence-electron chi connectivity index (χ3n) is 3.72. The third kappa shape index (κ3) is 2.77. The maximum Gasteiger partial charge on any atom is 0.346 e. The molecule has 1 aromatic heterocycles. The molecule has 0 spiro atoms. The van der Waals surface area contributed by atoms with Crippen LogP contribution in [-0.4, -0.2) is 24.0 Å². The Hall–Kier alpha value is -2.47. The minimum atomic E-state index is -1.09. The molecule has 3 rings (SSSR count). The summed E-state index contributed by atoms with van der Waals surface area (Å²) >= 11 is 0.907. The smallest absolute Gasteiger partial charge is 0.346 e. The second-order valence-electron chi connectivity index (χ2n) is 5.11. The lowest BCUT2D eigenvalue weighted by molar-refractivity contribution is 0.0701. The molecule has 0 atom stereocenters. The highest BCUT2D eigenvalue weighted by molar-refractivity contribution is 7.16. The number of methoxy groups -OCH3 is 1. The van der Waals surface area contributed by atoms with Crippen molar-refractivity contribution in [3.8, 4) is 5.75 Å². The van der Waals surface area contributed by atoms with E-state index in [-0.39, 0.29) is 27.8 Å². The highest BCUT2D eigenvalue weighted by Gasteiger charge is 2.28. The molecule has 2 aromatic rings. The van der Waals surface area contributed by atoms with E-state index in [1.165, 1.54) is 13.2 Å². The molecule has 0 saturated carbocycles. The van der Waals surface area contributed by atoms with E-state index in [0.717, 1.165) is 11.3 Å². The number of thiophene rings is 1. The van der Waals surface area contributed by atoms with Crippen LogP contribution in [0.25, 0.3) is 6.08 Å². The molecule has 1 aromatic carbocycles. The Kier molecular flexibility index (Phi) is 4.00. The first-order valence-corrected chi connectivity index (χ1v) is 7.76. The Morgan fingerprint density at radius 2 is 1.87 bits per heavy atom. The van der Waals surface area contributed by atoms with Gasteiger partial charge in [0.25, 0.3) is 0 Å². The molecule has 1 aliphatic rings. The number of rotatable bonds is 4. The molecule has 0 unspecified atom stereocenters. The Labute approximate surface area is 135 Å². The van der Waals surface area contributed by atoms with E-state index in [2.05, 4.69) is 0 Å². The molecule has 23 heavy (non-hydrogen) atoms. The highest BCUT2D eigenvalue weighted by Crippen LogP contribution is 2.37. The minimum Gasteiger partial charge on any atom is -0.497 e. The number of aromatic carboxylic acids is 1. The molecule has 0 bridgehead atoms. The number of ether oxygens (including phenoxy) is 1. The third-order valence-corrected chi connectivity index (χ3v) is 4.95. The standard InChI is InChI=1S/C17H13FO4S/c1-22-11-5-2-9(3-6-11)14(19)15-13-8-10(18)4-7-12(13)16(23-15)17(20)21/h2-3,5-6,8H,4,7H2,1H3,(H,20,21). The number of halogens is 1. The fraction of sp³-hybridized carbons (Fsp3) is 0.176. The number of benzene rings is 1. The lowest BCUT2D eigenvalue weighted by Crippen LogP contribution is -2.04. The van der Waals surface area contributed by atoms with Crippen molar-refractivity contribution in [2.75, 3.05) is 7.11 Å². The van der Waals surface area contributed by atoms with Crippen molar-refractivity contribution < 1.29 is 23.8 Å². The monoisotopic (exact) mass is 332 g/mol. The Morgan fingerprint density at radius 3 is 2.48 bits per heavy atom. The van der Waals surface area contributed by atoms with Crippen LogP contribution < -0.4 is 4.74 Å². The molecule has 118 valence electrons. The van der Waals surface area contributed by atoms with Gasteiger partial charge in [0.15, 0.2) is 0 Å². The van der Waals surface area contributed by atoms with E-state index in [9.17, 15) is 19.1 Å². The van der Waals surface area contributed by atoms with Crippen LogP contribution in [0.3, 0.4) is 0 Å². The van der Waals surface area contributed by atoms with Crippen LogP contribution in [0.2, 0.25) is 0 Å². The van der Waals surface area contributed by atoms with Crippen LogP contribution in [-0.2, 0) is 6.42 Å². The Bertz CT molecular complexity index is 818. The maximum absolute atomic E-state index is 13.6. The SMILES string of the molecule is COc1ccc(C(=O)c2sc(C(=O)O)c3c2C=C(F)CC3)cc1. The van der Waals surface area contributed by atoms with Gasteiger partial charge < -0.3 is 9.84 Å². The summed E-state index contributed by atoms with van der Waals surface area (Å²) in [6, 6.07) is 6.52. The number of ketones is 1. The average Bonchev–Trinajstić information content (AvgIpc) is 2.93. The van der Waals surface area contributed by atoms with Gasteiger partial charge in [0.2, 0.25) is 5.78 Å². The number of fused-ring (bicyclic) bond motifs is 1. The molecular formula is C17H13FO4S. The zero-order valence-corrected chi connectivity index (χ0v) is 13.1. The quantitative estimate of drug-likeness (QED) is 0.861. The first kappa shape index (κ1) is 15.4. The van der Waals surface area contributed by atoms with Crippen LogP contribution >= 0.6 is 11.3 Å². The van der Waals surface area contributed by atoms with Gasteiger partial charge in [-0.3, -0.25) is 4.79 Å². The van der Waals surface area contributed by atoms with Crippen molar-refractivity contribution >= 4 is 29.2 Å². The van der Waals surface area contributed by atoms with Crippen LogP contribution in [0.15, 0.2) is 30.1 Å². The van der Waals surface area contributed by atoms with Crippen molar-refractivity contribution in [2.24, 2.45) is 0 Å². The molecule has 0 fully saturated rings. The van der Waals surface area contributed by atoms with E-state index in [0.29, 0.717) is 28.9 Å². The van der Waals surface area contributed by atoms with Crippen LogP contribution in [0.1, 0.15) is 42.5 Å². The largest absolute Gasteiger partial charge is 0.497 e. The second-order valence-corrected chi connectivity index (χ2v) is 6.13. The lowest BCUT2D eigenvalue weighted by Gasteiger charge is -2.09. The van der Waals surface area contributed by atoms with Crippen LogP contribution in [0.5, 0.6) is 5.75 Å². The number of hydrogen-bond acceptors (Lipinski definition) is 4. The van der Waals surface area contributed by atoms with Crippen molar-refractivity contribution in [3.63, 3.8) is 0 Å². The van der Waals surface area contributed by atoms with Gasteiger partial charge in [-0.25, -0.2) is 9.18 Å². The van der Waals surface area contributed by atoms with Gasteiger partial charge in [0.05, 0.1) is 12.0 Å². The fourth-order valence-electron chi connectivity index (χ4n) is 2.57. The molecule has 4 nitrogen and oxygen atoms in total. The first-order chi connectivity index (χ1) is 11.0. The highest BCUT2D eigenvalue weighted by atomic mass is 32.1. The fourth-order valence-corrected chi connectivity index (χ4v) is 3.70. The van der Waals surface area contributed by atoms with Crippen molar-refractivity contribution in [3.05, 3.63) is 56.5 Å². The number of hydrogen-bond donors (Lipinski definition) is 1. The molecule has 0 saturated heterocycles. The molecular weight excluding hydrogens is 319 g/mol. The molecule has 6 heteroatoms. The average molecular weight is 332 g/mol. The Morgan fingerprint density at radius 1 is 1.17 bits per heavy atom.